The minimum Gasteiger partial charge on any atom is -0.332 e. The van der Waals surface area contributed by atoms with Crippen molar-refractivity contribution in [1.82, 2.24) is 4.57 Å². The van der Waals surface area contributed by atoms with Gasteiger partial charge in [0.15, 0.2) is 0 Å². The summed E-state index contributed by atoms with van der Waals surface area (Å²) in [5.41, 5.74) is 19.8. The molecule has 4 saturated carbocycles. The van der Waals surface area contributed by atoms with Crippen molar-refractivity contribution in [2.45, 2.75) is 56.4 Å². The monoisotopic (exact) mass is 862 g/mol. The van der Waals surface area contributed by atoms with Gasteiger partial charge >= 0.3 is 0 Å². The zero-order valence-corrected chi connectivity index (χ0v) is 38.2. The van der Waals surface area contributed by atoms with E-state index in [1.807, 2.05) is 0 Å². The molecule has 6 aliphatic carbocycles. The number of hydrogen-bond acceptors (Lipinski definition) is 1. The molecule has 324 valence electrons. The zero-order valence-electron chi connectivity index (χ0n) is 38.2. The van der Waals surface area contributed by atoms with Crippen LogP contribution in [0.3, 0.4) is 0 Å². The van der Waals surface area contributed by atoms with Gasteiger partial charge in [0.05, 0.1) is 16.6 Å². The van der Waals surface area contributed by atoms with Gasteiger partial charge in [-0.15, -0.1) is 0 Å². The lowest BCUT2D eigenvalue weighted by Gasteiger charge is -2.61. The van der Waals surface area contributed by atoms with Gasteiger partial charge in [-0.05, 0) is 167 Å². The second-order valence-corrected chi connectivity index (χ2v) is 20.7. The van der Waals surface area contributed by atoms with E-state index in [2.05, 4.69) is 229 Å². The molecule has 15 rings (SSSR count). The van der Waals surface area contributed by atoms with Crippen molar-refractivity contribution in [3.05, 3.63) is 223 Å². The molecule has 1 spiro atoms. The summed E-state index contributed by atoms with van der Waals surface area (Å²) in [7, 11) is 0. The fraction of sp³-hybridized carbons (Fsp3) is 0.200. The van der Waals surface area contributed by atoms with Crippen LogP contribution in [0.5, 0.6) is 0 Å². The van der Waals surface area contributed by atoms with Gasteiger partial charge in [-0.3, -0.25) is 0 Å². The molecule has 0 N–H and O–H groups in total. The van der Waals surface area contributed by atoms with Gasteiger partial charge in [0.1, 0.15) is 0 Å². The summed E-state index contributed by atoms with van der Waals surface area (Å²) >= 11 is 0. The second kappa shape index (κ2) is 14.9. The molecular weight excluding hydrogens is 809 g/mol. The maximum Gasteiger partial charge on any atom is 0.0644 e. The molecule has 1 heterocycles. The van der Waals surface area contributed by atoms with Crippen LogP contribution in [0.1, 0.15) is 56.6 Å². The lowest BCUT2D eigenvalue weighted by Crippen LogP contribution is -2.55. The highest BCUT2D eigenvalue weighted by atomic mass is 15.2. The van der Waals surface area contributed by atoms with Crippen LogP contribution in [-0.4, -0.2) is 10.1 Å². The van der Waals surface area contributed by atoms with Crippen molar-refractivity contribution in [2.75, 3.05) is 4.90 Å². The number of para-hydroxylation sites is 2. The lowest BCUT2D eigenvalue weighted by molar-refractivity contribution is -0.0397. The van der Waals surface area contributed by atoms with E-state index in [4.69, 9.17) is 0 Å². The summed E-state index contributed by atoms with van der Waals surface area (Å²) in [6.07, 6.45) is 15.1. The third kappa shape index (κ3) is 5.88. The van der Waals surface area contributed by atoms with Crippen LogP contribution < -0.4 is 4.90 Å². The molecule has 0 aliphatic heterocycles. The SMILES string of the molecule is CC1(N(c2ccc(-c3ccccc3)cc2)c2ccc(-c3ccc(-c4cccc5c4C4(c6ccccc6-5)C5CC6CC(C5)CC4C6)cc3)cc2)C=CC(n2c3ccccc3c3ccccc32)=CC1. The maximum atomic E-state index is 2.54. The van der Waals surface area contributed by atoms with Crippen LogP contribution in [0.4, 0.5) is 11.4 Å². The first-order valence-electron chi connectivity index (χ1n) is 24.8. The number of nitrogens with zero attached hydrogens (tertiary/aromatic N) is 2. The number of benzene rings is 8. The molecule has 1 unspecified atom stereocenters. The van der Waals surface area contributed by atoms with Crippen molar-refractivity contribution in [3.63, 3.8) is 0 Å². The Kier molecular flexibility index (Phi) is 8.70. The molecule has 8 aromatic carbocycles. The van der Waals surface area contributed by atoms with Crippen molar-refractivity contribution in [2.24, 2.45) is 23.7 Å². The first kappa shape index (κ1) is 39.0. The van der Waals surface area contributed by atoms with E-state index in [1.54, 1.807) is 11.1 Å². The van der Waals surface area contributed by atoms with Crippen LogP contribution in [0, 0.1) is 23.7 Å². The molecule has 9 aromatic rings. The third-order valence-corrected chi connectivity index (χ3v) is 17.1. The summed E-state index contributed by atoms with van der Waals surface area (Å²) in [5.74, 6) is 3.35. The Morgan fingerprint density at radius 2 is 0.940 bits per heavy atom. The molecule has 0 amide bonds. The van der Waals surface area contributed by atoms with E-state index in [9.17, 15) is 0 Å². The van der Waals surface area contributed by atoms with Gasteiger partial charge in [0.2, 0.25) is 0 Å². The van der Waals surface area contributed by atoms with Gasteiger partial charge in [-0.25, -0.2) is 0 Å². The minimum absolute atomic E-state index is 0.144. The molecule has 1 aromatic heterocycles. The highest BCUT2D eigenvalue weighted by molar-refractivity contribution is 6.10. The Morgan fingerprint density at radius 3 is 1.54 bits per heavy atom. The normalized spacial score (nSPS) is 24.3. The summed E-state index contributed by atoms with van der Waals surface area (Å²) in [6, 6.07) is 72.9. The number of allylic oxidation sites excluding steroid dienone is 2. The largest absolute Gasteiger partial charge is 0.332 e. The van der Waals surface area contributed by atoms with Crippen LogP contribution >= 0.6 is 0 Å². The van der Waals surface area contributed by atoms with Crippen molar-refractivity contribution < 1.29 is 0 Å². The molecule has 6 aliphatic rings. The quantitative estimate of drug-likeness (QED) is 0.155. The molecule has 2 nitrogen and oxygen atoms in total. The van der Waals surface area contributed by atoms with Crippen LogP contribution in [0.15, 0.2) is 212 Å². The summed E-state index contributed by atoms with van der Waals surface area (Å²) < 4.78 is 2.44. The Hall–Kier alpha value is -7.16. The van der Waals surface area contributed by atoms with E-state index in [0.717, 1.165) is 30.1 Å². The lowest BCUT2D eigenvalue weighted by atomic mass is 9.42. The standard InChI is InChI=1S/C65H54N2/c1-64(36-34-52(35-37-64)66-61-20-9-6-15-57(61)58-16-7-10-21-62(58)66)67(53-30-26-47(27-31-53)45-12-3-2-4-13-45)54-32-28-48(29-33-54)46-22-24-49(25-23-46)55-17-11-18-59-56-14-5-8-19-60(56)65(63(55)59)50-39-43-38-44(41-50)42-51(65)40-43/h2-36,43-44,50-51H,37-42H2,1H3. The van der Waals surface area contributed by atoms with Gasteiger partial charge in [0.25, 0.3) is 0 Å². The van der Waals surface area contributed by atoms with Gasteiger partial charge in [-0.1, -0.05) is 170 Å². The molecular formula is C65H54N2. The summed E-state index contributed by atoms with van der Waals surface area (Å²) in [4.78, 5) is 2.54. The highest BCUT2D eigenvalue weighted by Gasteiger charge is 2.62. The Labute approximate surface area is 394 Å². The Morgan fingerprint density at radius 1 is 0.448 bits per heavy atom. The summed E-state index contributed by atoms with van der Waals surface area (Å²) in [5, 5.41) is 2.58. The van der Waals surface area contributed by atoms with E-state index in [1.165, 1.54) is 115 Å². The number of rotatable bonds is 7. The van der Waals surface area contributed by atoms with E-state index in [-0.39, 0.29) is 11.0 Å². The topological polar surface area (TPSA) is 8.17 Å². The number of hydrogen-bond donors (Lipinski definition) is 0. The van der Waals surface area contributed by atoms with Crippen LogP contribution in [0.25, 0.3) is 72.0 Å². The molecule has 1 atom stereocenters. The molecule has 0 saturated heterocycles. The van der Waals surface area contributed by atoms with Crippen LogP contribution in [-0.2, 0) is 5.41 Å². The van der Waals surface area contributed by atoms with Crippen molar-refractivity contribution in [3.8, 4) is 44.5 Å². The van der Waals surface area contributed by atoms with E-state index < -0.39 is 0 Å². The van der Waals surface area contributed by atoms with Gasteiger partial charge in [-0.2, -0.15) is 0 Å². The Bertz CT molecular complexity index is 3360. The van der Waals surface area contributed by atoms with E-state index >= 15 is 0 Å². The predicted molar refractivity (Wildman–Crippen MR) is 280 cm³/mol. The van der Waals surface area contributed by atoms with Crippen molar-refractivity contribution in [1.29, 1.82) is 0 Å². The molecule has 4 fully saturated rings. The predicted octanol–water partition coefficient (Wildman–Crippen LogP) is 16.9. The van der Waals surface area contributed by atoms with E-state index in [0.29, 0.717) is 0 Å². The zero-order chi connectivity index (χ0) is 44.3. The highest BCUT2D eigenvalue weighted by Crippen LogP contribution is 2.70. The van der Waals surface area contributed by atoms with Gasteiger partial charge < -0.3 is 9.47 Å². The molecule has 0 radical (unpaired) electrons. The molecule has 2 heteroatoms. The molecule has 4 bridgehead atoms. The number of aromatic nitrogens is 1. The van der Waals surface area contributed by atoms with Crippen LogP contribution in [0.2, 0.25) is 0 Å². The number of anilines is 2. The molecule has 67 heavy (non-hydrogen) atoms. The maximum absolute atomic E-state index is 2.54. The average Bonchev–Trinajstić information content (AvgIpc) is 3.88. The smallest absolute Gasteiger partial charge is 0.0644 e. The Balaban J connectivity index is 0.806. The van der Waals surface area contributed by atoms with Crippen molar-refractivity contribution >= 4 is 38.9 Å². The third-order valence-electron chi connectivity index (χ3n) is 17.1. The average molecular weight is 863 g/mol. The second-order valence-electron chi connectivity index (χ2n) is 20.7. The number of fused-ring (bicyclic) bond motifs is 6. The summed E-state index contributed by atoms with van der Waals surface area (Å²) in [6.45, 7) is 2.38. The fourth-order valence-electron chi connectivity index (χ4n) is 14.5. The minimum atomic E-state index is -0.316. The fourth-order valence-corrected chi connectivity index (χ4v) is 14.5. The van der Waals surface area contributed by atoms with Gasteiger partial charge in [0, 0.05) is 33.3 Å². The first-order valence-corrected chi connectivity index (χ1v) is 24.8. The first-order chi connectivity index (χ1) is 33.0.